The van der Waals surface area contributed by atoms with Crippen molar-refractivity contribution in [2.75, 3.05) is 0 Å². The molecule has 0 saturated heterocycles. The number of carbonyl (C=O) groups excluding carboxylic acids is 1. The van der Waals surface area contributed by atoms with Gasteiger partial charge in [-0.25, -0.2) is 0 Å². The molecule has 0 heterocycles. The fourth-order valence-electron chi connectivity index (χ4n) is 4.15. The van der Waals surface area contributed by atoms with Crippen LogP contribution in [0, 0.1) is 11.8 Å². The summed E-state index contributed by atoms with van der Waals surface area (Å²) >= 11 is 0. The van der Waals surface area contributed by atoms with E-state index in [1.165, 1.54) is 5.56 Å². The van der Waals surface area contributed by atoms with E-state index in [1.54, 1.807) is 0 Å². The summed E-state index contributed by atoms with van der Waals surface area (Å²) in [4.78, 5) is 10.4. The first-order valence-corrected chi connectivity index (χ1v) is 10.4. The first-order valence-electron chi connectivity index (χ1n) is 10.4. The Hall–Kier alpha value is -1.09. The van der Waals surface area contributed by atoms with E-state index in [0.717, 1.165) is 6.42 Å². The number of carboxylic acids is 1. The van der Waals surface area contributed by atoms with Gasteiger partial charge in [0, 0.05) is 5.97 Å². The van der Waals surface area contributed by atoms with E-state index < -0.39 is 24.3 Å². The van der Waals surface area contributed by atoms with Crippen molar-refractivity contribution < 1.29 is 44.1 Å². The van der Waals surface area contributed by atoms with Gasteiger partial charge < -0.3 is 25.2 Å². The third kappa shape index (κ3) is 9.50. The van der Waals surface area contributed by atoms with E-state index in [2.05, 4.69) is 12.1 Å². The third-order valence-electron chi connectivity index (χ3n) is 5.79. The second-order valence-electron chi connectivity index (χ2n) is 7.92. The number of aliphatic hydroxyl groups excluding tert-OH is 3. The van der Waals surface area contributed by atoms with Gasteiger partial charge in [0.05, 0.1) is 18.3 Å². The second-order valence-corrected chi connectivity index (χ2v) is 7.92. The van der Waals surface area contributed by atoms with Gasteiger partial charge in [-0.15, -0.1) is 0 Å². The molecule has 0 aliphatic heterocycles. The van der Waals surface area contributed by atoms with Crippen LogP contribution in [0.4, 0.5) is 0 Å². The van der Waals surface area contributed by atoms with Crippen LogP contribution in [0.1, 0.15) is 56.9 Å². The van der Waals surface area contributed by atoms with E-state index >= 15 is 0 Å². The number of carboxylic acid groups (broad SMARTS) is 1. The van der Waals surface area contributed by atoms with Gasteiger partial charge in [0.15, 0.2) is 0 Å². The Balaban J connectivity index is 0.00000420. The average Bonchev–Trinajstić information content (AvgIpc) is 2.94. The first kappa shape index (κ1) is 25.9. The predicted molar refractivity (Wildman–Crippen MR) is 106 cm³/mol. The minimum absolute atomic E-state index is 0. The number of benzene rings is 1. The second kappa shape index (κ2) is 14.0. The number of aryl methyl sites for hydroxylation is 1. The topological polar surface area (TPSA) is 101 Å². The van der Waals surface area contributed by atoms with Crippen molar-refractivity contribution in [1.29, 1.82) is 0 Å². The van der Waals surface area contributed by atoms with Gasteiger partial charge in [-0.3, -0.25) is 0 Å². The molecule has 5 nitrogen and oxygen atoms in total. The number of aliphatic hydroxyl groups is 3. The van der Waals surface area contributed by atoms with Crippen molar-refractivity contribution >= 4 is 5.97 Å². The molecular formula is C23H33LiO5. The third-order valence-corrected chi connectivity index (χ3v) is 5.79. The summed E-state index contributed by atoms with van der Waals surface area (Å²) in [6.45, 7) is 0. The standard InChI is InChI=1S/C23H34O5.Li/c24-18(13-12-17-8-4-3-5-9-17)14-15-20-19(21(25)16-22(20)26)10-6-1-2-7-11-23(27)28;/h1,3-6,8-9,18-22,24-26H,2,7,10-16H2,(H,27,28);/q;+1/p-1/b6-1-;/t18-,19+,20+,21-,22+;/m0./s1. The number of carbonyl (C=O) groups is 1. The number of aliphatic carboxylic acids is 1. The SMILES string of the molecule is O=C([O-])CCC/C=C\C[C@@H]1[C@@H](CC[C@@H](O)CCc2ccccc2)[C@H](O)C[C@@H]1O.[Li+]. The molecular weight excluding hydrogens is 363 g/mol. The van der Waals surface area contributed by atoms with Gasteiger partial charge in [-0.2, -0.15) is 0 Å². The van der Waals surface area contributed by atoms with Crippen molar-refractivity contribution in [3.05, 3.63) is 48.0 Å². The Morgan fingerprint density at radius 1 is 1.10 bits per heavy atom. The van der Waals surface area contributed by atoms with Gasteiger partial charge in [-0.1, -0.05) is 42.5 Å². The van der Waals surface area contributed by atoms with Crippen LogP contribution in [0.2, 0.25) is 0 Å². The summed E-state index contributed by atoms with van der Waals surface area (Å²) in [7, 11) is 0. The van der Waals surface area contributed by atoms with Crippen LogP contribution in [0.25, 0.3) is 0 Å². The Kier molecular flexibility index (Phi) is 12.5. The van der Waals surface area contributed by atoms with Crippen LogP contribution >= 0.6 is 0 Å². The van der Waals surface area contributed by atoms with E-state index in [4.69, 9.17) is 0 Å². The van der Waals surface area contributed by atoms with Crippen molar-refractivity contribution in [2.45, 2.75) is 76.1 Å². The maximum Gasteiger partial charge on any atom is 1.00 e. The summed E-state index contributed by atoms with van der Waals surface area (Å²) in [5, 5.41) is 41.3. The summed E-state index contributed by atoms with van der Waals surface area (Å²) in [6, 6.07) is 10.1. The zero-order valence-corrected chi connectivity index (χ0v) is 17.5. The molecule has 6 heteroatoms. The molecule has 1 saturated carbocycles. The fraction of sp³-hybridized carbons (Fsp3) is 0.609. The molecule has 2 rings (SSSR count). The molecule has 29 heavy (non-hydrogen) atoms. The van der Waals surface area contributed by atoms with Gasteiger partial charge in [0.1, 0.15) is 0 Å². The van der Waals surface area contributed by atoms with Crippen molar-refractivity contribution in [3.63, 3.8) is 0 Å². The smallest absolute Gasteiger partial charge is 0.550 e. The van der Waals surface area contributed by atoms with Crippen LogP contribution in [0.15, 0.2) is 42.5 Å². The molecule has 1 aliphatic rings. The quantitative estimate of drug-likeness (QED) is 0.239. The van der Waals surface area contributed by atoms with Crippen LogP contribution in [0.3, 0.4) is 0 Å². The van der Waals surface area contributed by atoms with E-state index in [9.17, 15) is 25.2 Å². The predicted octanol–water partition coefficient (Wildman–Crippen LogP) is -1.01. The zero-order chi connectivity index (χ0) is 20.4. The summed E-state index contributed by atoms with van der Waals surface area (Å²) in [5.74, 6) is -1.07. The Labute approximate surface area is 186 Å². The molecule has 0 bridgehead atoms. The monoisotopic (exact) mass is 396 g/mol. The molecule has 0 aromatic heterocycles. The van der Waals surface area contributed by atoms with E-state index in [0.29, 0.717) is 44.9 Å². The maximum atomic E-state index is 10.4. The summed E-state index contributed by atoms with van der Waals surface area (Å²) in [5.41, 5.74) is 1.21. The van der Waals surface area contributed by atoms with Gasteiger partial charge in [-0.05, 0) is 75.2 Å². The molecule has 0 unspecified atom stereocenters. The molecule has 1 aliphatic carbocycles. The molecule has 156 valence electrons. The van der Waals surface area contributed by atoms with E-state index in [1.807, 2.05) is 30.4 Å². The number of allylic oxidation sites excluding steroid dienone is 2. The van der Waals surface area contributed by atoms with Gasteiger partial charge >= 0.3 is 18.9 Å². The maximum absolute atomic E-state index is 10.4. The summed E-state index contributed by atoms with van der Waals surface area (Å²) < 4.78 is 0. The molecule has 0 amide bonds. The van der Waals surface area contributed by atoms with Crippen LogP contribution in [-0.2, 0) is 11.2 Å². The van der Waals surface area contributed by atoms with E-state index in [-0.39, 0.29) is 37.1 Å². The normalized spacial score (nSPS) is 25.1. The average molecular weight is 396 g/mol. The Morgan fingerprint density at radius 2 is 1.79 bits per heavy atom. The Morgan fingerprint density at radius 3 is 2.48 bits per heavy atom. The molecule has 1 aromatic carbocycles. The van der Waals surface area contributed by atoms with Crippen molar-refractivity contribution in [3.8, 4) is 0 Å². The van der Waals surface area contributed by atoms with Crippen molar-refractivity contribution in [2.24, 2.45) is 11.8 Å². The molecule has 3 N–H and O–H groups in total. The van der Waals surface area contributed by atoms with Crippen LogP contribution < -0.4 is 24.0 Å². The summed E-state index contributed by atoms with van der Waals surface area (Å²) in [6.07, 6.45) is 7.58. The molecule has 0 radical (unpaired) electrons. The van der Waals surface area contributed by atoms with Crippen molar-refractivity contribution in [1.82, 2.24) is 0 Å². The van der Waals surface area contributed by atoms with Gasteiger partial charge in [0.2, 0.25) is 0 Å². The number of hydrogen-bond acceptors (Lipinski definition) is 5. The number of unbranched alkanes of at least 4 members (excludes halogenated alkanes) is 1. The first-order chi connectivity index (χ1) is 13.5. The fourth-order valence-corrected chi connectivity index (χ4v) is 4.15. The molecule has 1 aromatic rings. The molecule has 5 atom stereocenters. The Bertz CT molecular complexity index is 607. The minimum Gasteiger partial charge on any atom is -0.550 e. The largest absolute Gasteiger partial charge is 1.00 e. The minimum atomic E-state index is -1.03. The van der Waals surface area contributed by atoms with Gasteiger partial charge in [0.25, 0.3) is 0 Å². The zero-order valence-electron chi connectivity index (χ0n) is 17.5. The molecule has 0 spiro atoms. The molecule has 1 fully saturated rings. The van der Waals surface area contributed by atoms with Crippen LogP contribution in [-0.4, -0.2) is 39.6 Å². The van der Waals surface area contributed by atoms with Crippen LogP contribution in [0.5, 0.6) is 0 Å². The number of rotatable bonds is 12. The number of hydrogen-bond donors (Lipinski definition) is 3.